The van der Waals surface area contributed by atoms with Gasteiger partial charge in [-0.1, -0.05) is 0 Å². The summed E-state index contributed by atoms with van der Waals surface area (Å²) >= 11 is 5.68. The Hall–Kier alpha value is -0.550. The molecule has 1 aliphatic heterocycles. The molecule has 1 aromatic rings. The van der Waals surface area contributed by atoms with Gasteiger partial charge in [-0.05, 0) is 23.7 Å². The van der Waals surface area contributed by atoms with Crippen molar-refractivity contribution < 1.29 is 9.15 Å². The molecule has 2 heterocycles. The third kappa shape index (κ3) is 3.79. The van der Waals surface area contributed by atoms with Gasteiger partial charge in [0.1, 0.15) is 5.76 Å². The van der Waals surface area contributed by atoms with Crippen LogP contribution in [0.4, 0.5) is 0 Å². The van der Waals surface area contributed by atoms with E-state index in [9.17, 15) is 0 Å². The van der Waals surface area contributed by atoms with Crippen molar-refractivity contribution in [2.45, 2.75) is 6.54 Å². The van der Waals surface area contributed by atoms with Crippen LogP contribution in [-0.2, 0) is 11.3 Å². The van der Waals surface area contributed by atoms with Gasteiger partial charge >= 0.3 is 0 Å². The molecule has 0 atom stereocenters. The normalized spacial score (nSPS) is 17.8. The lowest BCUT2D eigenvalue weighted by atomic mass is 10.4. The molecule has 0 aromatic carbocycles. The van der Waals surface area contributed by atoms with E-state index in [0.29, 0.717) is 5.22 Å². The van der Waals surface area contributed by atoms with Crippen molar-refractivity contribution in [3.63, 3.8) is 0 Å². The maximum absolute atomic E-state index is 5.68. The minimum atomic E-state index is 0.449. The lowest BCUT2D eigenvalue weighted by Crippen LogP contribution is -2.40. The summed E-state index contributed by atoms with van der Waals surface area (Å²) in [6.07, 6.45) is 0. The summed E-state index contributed by atoms with van der Waals surface area (Å²) in [5.41, 5.74) is 0. The zero-order chi connectivity index (χ0) is 11.2. The second-order valence-corrected chi connectivity index (χ2v) is 4.21. The van der Waals surface area contributed by atoms with Gasteiger partial charge in [0.25, 0.3) is 0 Å². The molecule has 4 nitrogen and oxygen atoms in total. The Morgan fingerprint density at radius 3 is 2.81 bits per heavy atom. The molecule has 1 fully saturated rings. The minimum Gasteiger partial charge on any atom is -0.448 e. The van der Waals surface area contributed by atoms with Crippen LogP contribution in [-0.4, -0.2) is 44.3 Å². The van der Waals surface area contributed by atoms with Crippen molar-refractivity contribution in [2.75, 3.05) is 39.4 Å². The summed E-state index contributed by atoms with van der Waals surface area (Å²) in [7, 11) is 0. The molecule has 0 unspecified atom stereocenters. The summed E-state index contributed by atoms with van der Waals surface area (Å²) in [4.78, 5) is 2.39. The highest BCUT2D eigenvalue weighted by Crippen LogP contribution is 2.12. The number of rotatable bonds is 5. The van der Waals surface area contributed by atoms with Crippen molar-refractivity contribution in [1.82, 2.24) is 10.2 Å². The molecule has 5 heteroatoms. The quantitative estimate of drug-likeness (QED) is 0.794. The molecular formula is C11H17ClN2O2. The standard InChI is InChI=1S/C11H17ClN2O2/c12-11-2-1-10(16-11)9-13-3-4-14-5-7-15-8-6-14/h1-2,13H,3-9H2. The van der Waals surface area contributed by atoms with E-state index in [1.165, 1.54) is 0 Å². The maximum Gasteiger partial charge on any atom is 0.193 e. The first kappa shape index (κ1) is 11.9. The number of hydrogen-bond donors (Lipinski definition) is 1. The molecule has 1 aromatic heterocycles. The molecule has 0 spiro atoms. The molecular weight excluding hydrogens is 228 g/mol. The van der Waals surface area contributed by atoms with Gasteiger partial charge in [0.2, 0.25) is 0 Å². The number of morpholine rings is 1. The predicted octanol–water partition coefficient (Wildman–Crippen LogP) is 1.35. The van der Waals surface area contributed by atoms with E-state index in [1.807, 2.05) is 6.07 Å². The lowest BCUT2D eigenvalue weighted by molar-refractivity contribution is 0.0383. The first-order valence-corrected chi connectivity index (χ1v) is 5.97. The van der Waals surface area contributed by atoms with Crippen LogP contribution in [0.25, 0.3) is 0 Å². The number of hydrogen-bond acceptors (Lipinski definition) is 4. The largest absolute Gasteiger partial charge is 0.448 e. The van der Waals surface area contributed by atoms with Crippen LogP contribution < -0.4 is 5.32 Å². The van der Waals surface area contributed by atoms with Gasteiger partial charge in [-0.25, -0.2) is 0 Å². The Kier molecular flexibility index (Phi) is 4.66. The molecule has 16 heavy (non-hydrogen) atoms. The van der Waals surface area contributed by atoms with E-state index in [0.717, 1.165) is 51.7 Å². The van der Waals surface area contributed by atoms with Crippen molar-refractivity contribution in [1.29, 1.82) is 0 Å². The van der Waals surface area contributed by atoms with Crippen molar-refractivity contribution in [2.24, 2.45) is 0 Å². The Balaban J connectivity index is 1.57. The molecule has 0 radical (unpaired) electrons. The summed E-state index contributed by atoms with van der Waals surface area (Å²) in [5.74, 6) is 0.881. The van der Waals surface area contributed by atoms with Gasteiger partial charge in [-0.15, -0.1) is 0 Å². The van der Waals surface area contributed by atoms with Crippen LogP contribution in [0, 0.1) is 0 Å². The van der Waals surface area contributed by atoms with Crippen molar-refractivity contribution in [3.8, 4) is 0 Å². The zero-order valence-electron chi connectivity index (χ0n) is 9.25. The van der Waals surface area contributed by atoms with Gasteiger partial charge in [-0.2, -0.15) is 0 Å². The average molecular weight is 245 g/mol. The fraction of sp³-hybridized carbons (Fsp3) is 0.636. The van der Waals surface area contributed by atoms with Gasteiger partial charge in [0.05, 0.1) is 19.8 Å². The molecule has 0 amide bonds. The number of halogens is 1. The number of nitrogens with zero attached hydrogens (tertiary/aromatic N) is 1. The average Bonchev–Trinajstić information content (AvgIpc) is 2.72. The highest BCUT2D eigenvalue weighted by atomic mass is 35.5. The Bertz CT molecular complexity index is 311. The fourth-order valence-corrected chi connectivity index (χ4v) is 1.88. The van der Waals surface area contributed by atoms with E-state index >= 15 is 0 Å². The van der Waals surface area contributed by atoms with Crippen molar-refractivity contribution in [3.05, 3.63) is 23.1 Å². The van der Waals surface area contributed by atoms with E-state index < -0.39 is 0 Å². The second-order valence-electron chi connectivity index (χ2n) is 3.84. The van der Waals surface area contributed by atoms with Gasteiger partial charge in [-0.3, -0.25) is 4.90 Å². The molecule has 0 saturated carbocycles. The summed E-state index contributed by atoms with van der Waals surface area (Å²) in [5, 5.41) is 3.78. The van der Waals surface area contributed by atoms with Crippen LogP contribution in [0.2, 0.25) is 5.22 Å². The van der Waals surface area contributed by atoms with Gasteiger partial charge in [0.15, 0.2) is 5.22 Å². The van der Waals surface area contributed by atoms with Crippen LogP contribution in [0.3, 0.4) is 0 Å². The third-order valence-corrected chi connectivity index (χ3v) is 2.84. The molecule has 0 bridgehead atoms. The smallest absolute Gasteiger partial charge is 0.193 e. The van der Waals surface area contributed by atoms with E-state index in [1.54, 1.807) is 6.07 Å². The fourth-order valence-electron chi connectivity index (χ4n) is 1.72. The topological polar surface area (TPSA) is 37.6 Å². The first-order valence-electron chi connectivity index (χ1n) is 5.59. The molecule has 1 N–H and O–H groups in total. The van der Waals surface area contributed by atoms with E-state index in [2.05, 4.69) is 10.2 Å². The minimum absolute atomic E-state index is 0.449. The molecule has 1 aliphatic rings. The van der Waals surface area contributed by atoms with E-state index in [4.69, 9.17) is 20.8 Å². The number of ether oxygens (including phenoxy) is 1. The zero-order valence-corrected chi connectivity index (χ0v) is 10.0. The van der Waals surface area contributed by atoms with Gasteiger partial charge < -0.3 is 14.5 Å². The number of furan rings is 1. The SMILES string of the molecule is Clc1ccc(CNCCN2CCOCC2)o1. The Morgan fingerprint density at radius 2 is 2.12 bits per heavy atom. The van der Waals surface area contributed by atoms with Crippen LogP contribution in [0.1, 0.15) is 5.76 Å². The van der Waals surface area contributed by atoms with Crippen LogP contribution in [0.15, 0.2) is 16.5 Å². The van der Waals surface area contributed by atoms with Crippen LogP contribution >= 0.6 is 11.6 Å². The molecule has 0 aliphatic carbocycles. The summed E-state index contributed by atoms with van der Waals surface area (Å²) in [6, 6.07) is 3.66. The molecule has 1 saturated heterocycles. The summed E-state index contributed by atoms with van der Waals surface area (Å²) in [6.45, 7) is 6.53. The highest BCUT2D eigenvalue weighted by Gasteiger charge is 2.09. The Morgan fingerprint density at radius 1 is 1.31 bits per heavy atom. The monoisotopic (exact) mass is 244 g/mol. The van der Waals surface area contributed by atoms with Crippen molar-refractivity contribution >= 4 is 11.6 Å². The Labute approximate surface area is 101 Å². The predicted molar refractivity (Wildman–Crippen MR) is 62.7 cm³/mol. The third-order valence-electron chi connectivity index (χ3n) is 2.64. The van der Waals surface area contributed by atoms with Crippen LogP contribution in [0.5, 0.6) is 0 Å². The lowest BCUT2D eigenvalue weighted by Gasteiger charge is -2.26. The van der Waals surface area contributed by atoms with Gasteiger partial charge in [0, 0.05) is 26.2 Å². The van der Waals surface area contributed by atoms with E-state index in [-0.39, 0.29) is 0 Å². The second kappa shape index (κ2) is 6.25. The summed E-state index contributed by atoms with van der Waals surface area (Å²) < 4.78 is 10.5. The first-order chi connectivity index (χ1) is 7.84. The number of nitrogens with one attached hydrogen (secondary N) is 1. The molecule has 90 valence electrons. The highest BCUT2D eigenvalue weighted by molar-refractivity contribution is 6.28. The molecule has 2 rings (SSSR count). The maximum atomic E-state index is 5.68.